The topological polar surface area (TPSA) is 21.3 Å². The molecule has 1 rings (SSSR count). The van der Waals surface area contributed by atoms with Crippen LogP contribution in [0.25, 0.3) is 0 Å². The number of ether oxygens (including phenoxy) is 1. The number of rotatable bonds is 8. The number of benzene rings is 1. The van der Waals surface area contributed by atoms with Crippen LogP contribution in [-0.4, -0.2) is 19.8 Å². The molecule has 0 bridgehead atoms. The minimum atomic E-state index is -0.374. The van der Waals surface area contributed by atoms with Gasteiger partial charge in [0, 0.05) is 19.3 Å². The Morgan fingerprint density at radius 3 is 2.83 bits per heavy atom. The van der Waals surface area contributed by atoms with Gasteiger partial charge in [0.05, 0.1) is 5.02 Å². The van der Waals surface area contributed by atoms with Gasteiger partial charge in [-0.25, -0.2) is 4.39 Å². The summed E-state index contributed by atoms with van der Waals surface area (Å²) in [5.74, 6) is -0.374. The smallest absolute Gasteiger partial charge is 0.141 e. The van der Waals surface area contributed by atoms with Crippen molar-refractivity contribution in [1.29, 1.82) is 0 Å². The number of halogens is 2. The van der Waals surface area contributed by atoms with Gasteiger partial charge in [0.2, 0.25) is 0 Å². The maximum absolute atomic E-state index is 13.0. The Labute approximate surface area is 113 Å². The SMILES string of the molecule is CCCOCCCNC(C)c1ccc(F)c(Cl)c1. The number of nitrogens with one attached hydrogen (secondary N) is 1. The highest BCUT2D eigenvalue weighted by Gasteiger charge is 2.07. The zero-order valence-corrected chi connectivity index (χ0v) is 11.8. The van der Waals surface area contributed by atoms with Crippen molar-refractivity contribution in [2.45, 2.75) is 32.7 Å². The van der Waals surface area contributed by atoms with Crippen LogP contribution in [0.3, 0.4) is 0 Å². The molecule has 0 fully saturated rings. The van der Waals surface area contributed by atoms with Crippen LogP contribution in [0.2, 0.25) is 5.02 Å². The van der Waals surface area contributed by atoms with Gasteiger partial charge < -0.3 is 10.1 Å². The lowest BCUT2D eigenvalue weighted by atomic mass is 10.1. The van der Waals surface area contributed by atoms with E-state index in [4.69, 9.17) is 16.3 Å². The van der Waals surface area contributed by atoms with E-state index >= 15 is 0 Å². The normalized spacial score (nSPS) is 12.7. The molecular formula is C14H21ClFNO. The Bertz CT molecular complexity index is 360. The summed E-state index contributed by atoms with van der Waals surface area (Å²) in [6, 6.07) is 4.99. The summed E-state index contributed by atoms with van der Waals surface area (Å²) < 4.78 is 18.4. The lowest BCUT2D eigenvalue weighted by Gasteiger charge is -2.14. The van der Waals surface area contributed by atoms with Gasteiger partial charge in [0.15, 0.2) is 0 Å². The molecule has 102 valence electrons. The predicted molar refractivity (Wildman–Crippen MR) is 73.6 cm³/mol. The van der Waals surface area contributed by atoms with E-state index in [-0.39, 0.29) is 16.9 Å². The van der Waals surface area contributed by atoms with E-state index in [0.29, 0.717) is 0 Å². The third-order valence-corrected chi connectivity index (χ3v) is 3.00. The molecule has 0 saturated heterocycles. The van der Waals surface area contributed by atoms with E-state index in [0.717, 1.165) is 38.2 Å². The molecular weight excluding hydrogens is 253 g/mol. The van der Waals surface area contributed by atoms with Crippen molar-refractivity contribution in [2.75, 3.05) is 19.8 Å². The zero-order chi connectivity index (χ0) is 13.4. The van der Waals surface area contributed by atoms with Gasteiger partial charge >= 0.3 is 0 Å². The van der Waals surface area contributed by atoms with Crippen molar-refractivity contribution in [1.82, 2.24) is 5.32 Å². The van der Waals surface area contributed by atoms with Crippen LogP contribution < -0.4 is 5.32 Å². The van der Waals surface area contributed by atoms with Crippen molar-refractivity contribution >= 4 is 11.6 Å². The molecule has 18 heavy (non-hydrogen) atoms. The first-order chi connectivity index (χ1) is 8.65. The van der Waals surface area contributed by atoms with Crippen LogP contribution in [0, 0.1) is 5.82 Å². The summed E-state index contributed by atoms with van der Waals surface area (Å²) in [6.45, 7) is 6.61. The molecule has 0 radical (unpaired) electrons. The Morgan fingerprint density at radius 1 is 1.39 bits per heavy atom. The molecule has 0 heterocycles. The summed E-state index contributed by atoms with van der Waals surface area (Å²) in [5, 5.41) is 3.53. The zero-order valence-electron chi connectivity index (χ0n) is 11.0. The Kier molecular flexibility index (Phi) is 7.25. The summed E-state index contributed by atoms with van der Waals surface area (Å²) in [7, 11) is 0. The van der Waals surface area contributed by atoms with E-state index in [9.17, 15) is 4.39 Å². The maximum Gasteiger partial charge on any atom is 0.141 e. The van der Waals surface area contributed by atoms with Gasteiger partial charge in [-0.2, -0.15) is 0 Å². The van der Waals surface area contributed by atoms with Crippen LogP contribution in [0.15, 0.2) is 18.2 Å². The van der Waals surface area contributed by atoms with E-state index in [2.05, 4.69) is 12.2 Å². The summed E-state index contributed by atoms with van der Waals surface area (Å²) in [4.78, 5) is 0. The van der Waals surface area contributed by atoms with Crippen molar-refractivity contribution in [3.63, 3.8) is 0 Å². The second kappa shape index (κ2) is 8.46. The first-order valence-corrected chi connectivity index (χ1v) is 6.79. The van der Waals surface area contributed by atoms with Crippen molar-refractivity contribution in [3.05, 3.63) is 34.6 Å². The quantitative estimate of drug-likeness (QED) is 0.724. The van der Waals surface area contributed by atoms with E-state index in [1.807, 2.05) is 6.92 Å². The lowest BCUT2D eigenvalue weighted by Crippen LogP contribution is -2.21. The van der Waals surface area contributed by atoms with Gasteiger partial charge in [-0.3, -0.25) is 0 Å². The Balaban J connectivity index is 2.27. The highest BCUT2D eigenvalue weighted by Crippen LogP contribution is 2.20. The second-order valence-corrected chi connectivity index (χ2v) is 4.72. The Hall–Kier alpha value is -0.640. The average Bonchev–Trinajstić information content (AvgIpc) is 2.36. The maximum atomic E-state index is 13.0. The van der Waals surface area contributed by atoms with Crippen LogP contribution in [0.4, 0.5) is 4.39 Å². The lowest BCUT2D eigenvalue weighted by molar-refractivity contribution is 0.132. The van der Waals surface area contributed by atoms with E-state index < -0.39 is 0 Å². The monoisotopic (exact) mass is 273 g/mol. The van der Waals surface area contributed by atoms with Crippen LogP contribution >= 0.6 is 11.6 Å². The third-order valence-electron chi connectivity index (χ3n) is 2.71. The predicted octanol–water partition coefficient (Wildman–Crippen LogP) is 3.95. The molecule has 0 aliphatic carbocycles. The highest BCUT2D eigenvalue weighted by molar-refractivity contribution is 6.30. The first kappa shape index (κ1) is 15.4. The molecule has 4 heteroatoms. The van der Waals surface area contributed by atoms with Crippen molar-refractivity contribution in [2.24, 2.45) is 0 Å². The molecule has 0 aliphatic heterocycles. The Morgan fingerprint density at radius 2 is 2.17 bits per heavy atom. The van der Waals surface area contributed by atoms with Gasteiger partial charge in [-0.15, -0.1) is 0 Å². The molecule has 1 unspecified atom stereocenters. The number of hydrogen-bond acceptors (Lipinski definition) is 2. The fourth-order valence-corrected chi connectivity index (χ4v) is 1.83. The standard InChI is InChI=1S/C14H21ClFNO/c1-3-8-18-9-4-7-17-11(2)12-5-6-14(16)13(15)10-12/h5-6,10-11,17H,3-4,7-9H2,1-2H3. The third kappa shape index (κ3) is 5.34. The molecule has 0 aliphatic rings. The summed E-state index contributed by atoms with van der Waals surface area (Å²) >= 11 is 5.75. The molecule has 2 nitrogen and oxygen atoms in total. The van der Waals surface area contributed by atoms with E-state index in [1.54, 1.807) is 12.1 Å². The molecule has 1 N–H and O–H groups in total. The summed E-state index contributed by atoms with van der Waals surface area (Å²) in [6.07, 6.45) is 2.02. The van der Waals surface area contributed by atoms with E-state index in [1.165, 1.54) is 6.07 Å². The largest absolute Gasteiger partial charge is 0.381 e. The fraction of sp³-hybridized carbons (Fsp3) is 0.571. The molecule has 0 aromatic heterocycles. The average molecular weight is 274 g/mol. The van der Waals surface area contributed by atoms with Crippen LogP contribution in [0.5, 0.6) is 0 Å². The minimum Gasteiger partial charge on any atom is -0.381 e. The molecule has 0 amide bonds. The summed E-state index contributed by atoms with van der Waals surface area (Å²) in [5.41, 5.74) is 0.996. The second-order valence-electron chi connectivity index (χ2n) is 4.32. The van der Waals surface area contributed by atoms with Crippen molar-refractivity contribution < 1.29 is 9.13 Å². The highest BCUT2D eigenvalue weighted by atomic mass is 35.5. The van der Waals surface area contributed by atoms with Gasteiger partial charge in [-0.1, -0.05) is 24.6 Å². The van der Waals surface area contributed by atoms with Gasteiger partial charge in [-0.05, 0) is 44.0 Å². The molecule has 0 spiro atoms. The van der Waals surface area contributed by atoms with Gasteiger partial charge in [0.25, 0.3) is 0 Å². The molecule has 1 aromatic rings. The van der Waals surface area contributed by atoms with Gasteiger partial charge in [0.1, 0.15) is 5.82 Å². The fourth-order valence-electron chi connectivity index (χ4n) is 1.64. The van der Waals surface area contributed by atoms with Crippen LogP contribution in [0.1, 0.15) is 38.3 Å². The minimum absolute atomic E-state index is 0.161. The van der Waals surface area contributed by atoms with Crippen LogP contribution in [-0.2, 0) is 4.74 Å². The molecule has 1 aromatic carbocycles. The first-order valence-electron chi connectivity index (χ1n) is 6.41. The molecule has 0 saturated carbocycles. The number of hydrogen-bond donors (Lipinski definition) is 1. The molecule has 1 atom stereocenters. The van der Waals surface area contributed by atoms with Crippen molar-refractivity contribution in [3.8, 4) is 0 Å².